The van der Waals surface area contributed by atoms with Crippen LogP contribution in [0.2, 0.25) is 0 Å². The van der Waals surface area contributed by atoms with Crippen LogP contribution in [0, 0.1) is 0 Å². The normalized spacial score (nSPS) is 13.7. The van der Waals surface area contributed by atoms with Gasteiger partial charge < -0.3 is 14.1 Å². The maximum Gasteiger partial charge on any atom is 0.196 e. The summed E-state index contributed by atoms with van der Waals surface area (Å²) in [6, 6.07) is 5.56. The second-order valence-electron chi connectivity index (χ2n) is 6.07. The maximum atomic E-state index is 12.4. The van der Waals surface area contributed by atoms with Crippen LogP contribution in [0.1, 0.15) is 38.0 Å². The number of hydrogen-bond donors (Lipinski definition) is 0. The highest BCUT2D eigenvalue weighted by atomic mass is 16.5. The number of ether oxygens (including phenoxy) is 1. The first-order valence-electron chi connectivity index (χ1n) is 8.66. The zero-order valence-electron chi connectivity index (χ0n) is 14.1. The molecule has 3 rings (SSSR count). The monoisotopic (exact) mass is 315 g/mol. The smallest absolute Gasteiger partial charge is 0.196 e. The van der Waals surface area contributed by atoms with Crippen LogP contribution in [-0.4, -0.2) is 31.1 Å². The molecule has 1 aromatic heterocycles. The van der Waals surface area contributed by atoms with Gasteiger partial charge >= 0.3 is 0 Å². The van der Waals surface area contributed by atoms with E-state index in [1.165, 1.54) is 0 Å². The van der Waals surface area contributed by atoms with Gasteiger partial charge in [-0.1, -0.05) is 13.8 Å². The summed E-state index contributed by atoms with van der Waals surface area (Å²) >= 11 is 0. The van der Waals surface area contributed by atoms with E-state index < -0.39 is 0 Å². The average Bonchev–Trinajstić information content (AvgIpc) is 3.03. The molecule has 0 spiro atoms. The Labute approximate surface area is 137 Å². The van der Waals surface area contributed by atoms with E-state index >= 15 is 0 Å². The predicted octanol–water partition coefficient (Wildman–Crippen LogP) is 3.39. The van der Waals surface area contributed by atoms with Crippen LogP contribution >= 0.6 is 0 Å². The molecule has 0 N–H and O–H groups in total. The standard InChI is InChI=1S/C19H25NO3/c1-3-20(4-2)11-6-12-22-14-9-10-16-18(13-14)23-17-8-5-7-15(17)19(16)21/h9-10,13H,3-8,11-12H2,1-2H3. The molecule has 0 fully saturated rings. The molecule has 1 aliphatic rings. The Bertz CT molecular complexity index is 731. The third kappa shape index (κ3) is 3.42. The zero-order chi connectivity index (χ0) is 16.2. The quantitative estimate of drug-likeness (QED) is 0.735. The Hall–Kier alpha value is -1.81. The summed E-state index contributed by atoms with van der Waals surface area (Å²) in [5.41, 5.74) is 1.65. The van der Waals surface area contributed by atoms with Crippen LogP contribution in [0.3, 0.4) is 0 Å². The molecule has 0 atom stereocenters. The van der Waals surface area contributed by atoms with Gasteiger partial charge in [-0.25, -0.2) is 0 Å². The van der Waals surface area contributed by atoms with Crippen molar-refractivity contribution < 1.29 is 9.15 Å². The number of nitrogens with zero attached hydrogens (tertiary/aromatic N) is 1. The van der Waals surface area contributed by atoms with Gasteiger partial charge in [0.25, 0.3) is 0 Å². The molecule has 2 aromatic rings. The molecule has 0 unspecified atom stereocenters. The molecular weight excluding hydrogens is 290 g/mol. The van der Waals surface area contributed by atoms with Gasteiger partial charge in [0.05, 0.1) is 12.0 Å². The SMILES string of the molecule is CCN(CC)CCCOc1ccc2c(=O)c3c(oc2c1)CCC3. The number of aryl methyl sites for hydroxylation is 1. The lowest BCUT2D eigenvalue weighted by atomic mass is 10.1. The minimum Gasteiger partial charge on any atom is -0.493 e. The molecule has 1 aromatic carbocycles. The van der Waals surface area contributed by atoms with Crippen LogP contribution in [0.4, 0.5) is 0 Å². The molecule has 0 radical (unpaired) electrons. The van der Waals surface area contributed by atoms with Crippen molar-refractivity contribution in [2.24, 2.45) is 0 Å². The van der Waals surface area contributed by atoms with Crippen LogP contribution in [0.25, 0.3) is 11.0 Å². The first-order valence-corrected chi connectivity index (χ1v) is 8.66. The van der Waals surface area contributed by atoms with Gasteiger partial charge in [-0.05, 0) is 44.5 Å². The molecule has 124 valence electrons. The van der Waals surface area contributed by atoms with E-state index in [0.717, 1.165) is 62.4 Å². The highest BCUT2D eigenvalue weighted by Crippen LogP contribution is 2.26. The van der Waals surface area contributed by atoms with Crippen molar-refractivity contribution in [3.63, 3.8) is 0 Å². The number of benzene rings is 1. The first kappa shape index (κ1) is 16.1. The largest absolute Gasteiger partial charge is 0.493 e. The van der Waals surface area contributed by atoms with Crippen molar-refractivity contribution in [2.45, 2.75) is 39.5 Å². The Morgan fingerprint density at radius 3 is 2.83 bits per heavy atom. The highest BCUT2D eigenvalue weighted by Gasteiger charge is 2.19. The Morgan fingerprint density at radius 2 is 2.04 bits per heavy atom. The van der Waals surface area contributed by atoms with Crippen molar-refractivity contribution in [2.75, 3.05) is 26.2 Å². The summed E-state index contributed by atoms with van der Waals surface area (Å²) < 4.78 is 11.7. The first-order chi connectivity index (χ1) is 11.2. The zero-order valence-corrected chi connectivity index (χ0v) is 14.1. The van der Waals surface area contributed by atoms with Crippen LogP contribution in [-0.2, 0) is 12.8 Å². The molecule has 1 aliphatic carbocycles. The molecule has 0 bridgehead atoms. The lowest BCUT2D eigenvalue weighted by Crippen LogP contribution is -2.25. The van der Waals surface area contributed by atoms with E-state index in [-0.39, 0.29) is 5.43 Å². The Morgan fingerprint density at radius 1 is 1.22 bits per heavy atom. The lowest BCUT2D eigenvalue weighted by Gasteiger charge is -2.17. The molecule has 23 heavy (non-hydrogen) atoms. The van der Waals surface area contributed by atoms with Gasteiger partial charge in [0.2, 0.25) is 0 Å². The van der Waals surface area contributed by atoms with Crippen LogP contribution in [0.5, 0.6) is 5.75 Å². The summed E-state index contributed by atoms with van der Waals surface area (Å²) in [5.74, 6) is 1.64. The molecule has 0 aliphatic heterocycles. The maximum absolute atomic E-state index is 12.4. The molecule has 4 nitrogen and oxygen atoms in total. The molecule has 0 amide bonds. The fourth-order valence-corrected chi connectivity index (χ4v) is 3.25. The van der Waals surface area contributed by atoms with Gasteiger partial charge in [-0.3, -0.25) is 4.79 Å². The molecule has 0 saturated heterocycles. The Balaban J connectivity index is 1.69. The summed E-state index contributed by atoms with van der Waals surface area (Å²) in [5, 5.41) is 0.668. The third-order valence-electron chi connectivity index (χ3n) is 4.65. The van der Waals surface area contributed by atoms with E-state index in [0.29, 0.717) is 17.6 Å². The molecule has 1 heterocycles. The van der Waals surface area contributed by atoms with Crippen molar-refractivity contribution in [3.8, 4) is 5.75 Å². The highest BCUT2D eigenvalue weighted by molar-refractivity contribution is 5.79. The minimum absolute atomic E-state index is 0.131. The topological polar surface area (TPSA) is 42.7 Å². The van der Waals surface area contributed by atoms with E-state index in [9.17, 15) is 4.79 Å². The predicted molar refractivity (Wildman–Crippen MR) is 92.4 cm³/mol. The van der Waals surface area contributed by atoms with E-state index in [1.807, 2.05) is 18.2 Å². The van der Waals surface area contributed by atoms with Gasteiger partial charge in [0, 0.05) is 24.6 Å². The van der Waals surface area contributed by atoms with Crippen molar-refractivity contribution in [3.05, 3.63) is 39.7 Å². The summed E-state index contributed by atoms with van der Waals surface area (Å²) in [4.78, 5) is 14.8. The van der Waals surface area contributed by atoms with Gasteiger partial charge in [-0.2, -0.15) is 0 Å². The Kier molecular flexibility index (Phi) is 5.01. The van der Waals surface area contributed by atoms with Crippen LogP contribution in [0.15, 0.2) is 27.4 Å². The fourth-order valence-electron chi connectivity index (χ4n) is 3.25. The molecule has 0 saturated carbocycles. The van der Waals surface area contributed by atoms with E-state index in [4.69, 9.17) is 9.15 Å². The lowest BCUT2D eigenvalue weighted by molar-refractivity contribution is 0.249. The van der Waals surface area contributed by atoms with Crippen molar-refractivity contribution in [1.82, 2.24) is 4.90 Å². The number of fused-ring (bicyclic) bond motifs is 2. The third-order valence-corrected chi connectivity index (χ3v) is 4.65. The summed E-state index contributed by atoms with van der Waals surface area (Å²) in [7, 11) is 0. The molecular formula is C19H25NO3. The average molecular weight is 315 g/mol. The summed E-state index contributed by atoms with van der Waals surface area (Å²) in [6.45, 7) is 8.22. The van der Waals surface area contributed by atoms with Gasteiger partial charge in [-0.15, -0.1) is 0 Å². The molecule has 4 heteroatoms. The van der Waals surface area contributed by atoms with Crippen LogP contribution < -0.4 is 10.2 Å². The number of rotatable bonds is 7. The fraction of sp³-hybridized carbons (Fsp3) is 0.526. The summed E-state index contributed by atoms with van der Waals surface area (Å²) in [6.07, 6.45) is 3.72. The van der Waals surface area contributed by atoms with Gasteiger partial charge in [0.1, 0.15) is 17.1 Å². The second-order valence-corrected chi connectivity index (χ2v) is 6.07. The number of hydrogen-bond acceptors (Lipinski definition) is 4. The van der Waals surface area contributed by atoms with Crippen molar-refractivity contribution >= 4 is 11.0 Å². The van der Waals surface area contributed by atoms with Gasteiger partial charge in [0.15, 0.2) is 5.43 Å². The minimum atomic E-state index is 0.131. The van der Waals surface area contributed by atoms with E-state index in [2.05, 4.69) is 18.7 Å². The second kappa shape index (κ2) is 7.18. The van der Waals surface area contributed by atoms with Crippen molar-refractivity contribution in [1.29, 1.82) is 0 Å². The van der Waals surface area contributed by atoms with E-state index in [1.54, 1.807) is 0 Å².